The van der Waals surface area contributed by atoms with Crippen molar-refractivity contribution in [2.75, 3.05) is 19.0 Å². The van der Waals surface area contributed by atoms with Crippen LogP contribution in [0.3, 0.4) is 0 Å². The molecule has 0 heterocycles. The van der Waals surface area contributed by atoms with Crippen LogP contribution in [0, 0.1) is 0 Å². The number of methoxy groups -OCH3 is 1. The lowest BCUT2D eigenvalue weighted by Gasteiger charge is -2.10. The van der Waals surface area contributed by atoms with Gasteiger partial charge in [0, 0.05) is 12.8 Å². The van der Waals surface area contributed by atoms with Crippen LogP contribution in [0.15, 0.2) is 53.2 Å². The zero-order chi connectivity index (χ0) is 17.2. The third-order valence-corrected chi connectivity index (χ3v) is 2.95. The van der Waals surface area contributed by atoms with Crippen molar-refractivity contribution in [3.05, 3.63) is 48.3 Å². The molecule has 1 aromatic carbocycles. The predicted molar refractivity (Wildman–Crippen MR) is 96.2 cm³/mol. The Balaban J connectivity index is 2.88. The summed E-state index contributed by atoms with van der Waals surface area (Å²) in [6.07, 6.45) is 2.84. The number of allylic oxidation sites excluding steroid dienone is 1. The van der Waals surface area contributed by atoms with Crippen molar-refractivity contribution in [1.29, 1.82) is 0 Å². The van der Waals surface area contributed by atoms with Crippen molar-refractivity contribution in [1.82, 2.24) is 5.32 Å². The molecule has 0 unspecified atom stereocenters. The van der Waals surface area contributed by atoms with E-state index in [4.69, 9.17) is 17.0 Å². The van der Waals surface area contributed by atoms with E-state index in [-0.39, 0.29) is 16.4 Å². The summed E-state index contributed by atoms with van der Waals surface area (Å²) in [5.74, 6) is -0.187. The highest BCUT2D eigenvalue weighted by atomic mass is 32.1. The van der Waals surface area contributed by atoms with Crippen molar-refractivity contribution in [2.24, 2.45) is 4.99 Å². The second-order valence-electron chi connectivity index (χ2n) is 4.39. The first-order chi connectivity index (χ1) is 11.0. The van der Waals surface area contributed by atoms with Crippen LogP contribution in [0.5, 0.6) is 5.75 Å². The van der Waals surface area contributed by atoms with Crippen LogP contribution in [-0.2, 0) is 4.79 Å². The fourth-order valence-electron chi connectivity index (χ4n) is 1.58. The Bertz CT molecular complexity index is 650. The third-order valence-electron chi connectivity index (χ3n) is 2.70. The summed E-state index contributed by atoms with van der Waals surface area (Å²) < 4.78 is 5.16. The number of hydrogen-bond donors (Lipinski definition) is 3. The molecule has 0 atom stereocenters. The minimum absolute atomic E-state index is 0.00124. The number of aliphatic imine (C=N–C) groups is 1. The molecule has 0 aliphatic carbocycles. The van der Waals surface area contributed by atoms with Crippen molar-refractivity contribution in [3.8, 4) is 5.75 Å². The molecule has 1 amide bonds. The largest absolute Gasteiger partial charge is 0.512 e. The van der Waals surface area contributed by atoms with Gasteiger partial charge in [0.25, 0.3) is 5.91 Å². The standard InChI is InChI=1S/C16H19N3O3S/c1-4-9-17-16(23)18-10-12(11(2)20)15(21)19-13-7-5-6-8-14(13)22-3/h4-8,10,20H,1,9H2,2-3H3,(H,17,23)(H,19,21)/b12-11-,18-10+. The molecule has 6 nitrogen and oxygen atoms in total. The lowest BCUT2D eigenvalue weighted by molar-refractivity contribution is -0.112. The van der Waals surface area contributed by atoms with Gasteiger partial charge >= 0.3 is 0 Å². The second-order valence-corrected chi connectivity index (χ2v) is 4.77. The van der Waals surface area contributed by atoms with Crippen LogP contribution in [0.2, 0.25) is 0 Å². The highest BCUT2D eigenvalue weighted by molar-refractivity contribution is 7.80. The molecule has 0 aromatic heterocycles. The molecule has 0 saturated heterocycles. The van der Waals surface area contributed by atoms with Gasteiger partial charge in [-0.1, -0.05) is 18.2 Å². The fraction of sp³-hybridized carbons (Fsp3) is 0.188. The maximum absolute atomic E-state index is 12.3. The van der Waals surface area contributed by atoms with Crippen LogP contribution in [0.25, 0.3) is 0 Å². The molecule has 0 bridgehead atoms. The van der Waals surface area contributed by atoms with Gasteiger partial charge in [-0.05, 0) is 31.3 Å². The van der Waals surface area contributed by atoms with E-state index in [0.29, 0.717) is 18.0 Å². The average molecular weight is 333 g/mol. The van der Waals surface area contributed by atoms with E-state index in [2.05, 4.69) is 22.2 Å². The summed E-state index contributed by atoms with van der Waals surface area (Å²) in [6.45, 7) is 5.40. The van der Waals surface area contributed by atoms with Crippen molar-refractivity contribution in [3.63, 3.8) is 0 Å². The minimum Gasteiger partial charge on any atom is -0.512 e. The molecule has 3 N–H and O–H groups in total. The molecule has 0 radical (unpaired) electrons. The first kappa shape index (κ1) is 18.4. The van der Waals surface area contributed by atoms with Gasteiger partial charge in [-0.15, -0.1) is 6.58 Å². The Hall–Kier alpha value is -2.67. The Morgan fingerprint density at radius 2 is 2.17 bits per heavy atom. The minimum atomic E-state index is -0.523. The molecule has 0 spiro atoms. The van der Waals surface area contributed by atoms with Crippen LogP contribution >= 0.6 is 12.2 Å². The zero-order valence-electron chi connectivity index (χ0n) is 13.0. The monoisotopic (exact) mass is 333 g/mol. The van der Waals surface area contributed by atoms with E-state index >= 15 is 0 Å². The topological polar surface area (TPSA) is 83.0 Å². The summed E-state index contributed by atoms with van der Waals surface area (Å²) in [5, 5.41) is 15.3. The predicted octanol–water partition coefficient (Wildman–Crippen LogP) is 2.60. The van der Waals surface area contributed by atoms with Crippen LogP contribution in [0.1, 0.15) is 6.92 Å². The number of aliphatic hydroxyl groups excluding tert-OH is 1. The van der Waals surface area contributed by atoms with E-state index in [0.717, 1.165) is 0 Å². The summed E-state index contributed by atoms with van der Waals surface area (Å²) in [4.78, 5) is 16.2. The van der Waals surface area contributed by atoms with Crippen LogP contribution in [0.4, 0.5) is 5.69 Å². The van der Waals surface area contributed by atoms with Crippen molar-refractivity contribution < 1.29 is 14.6 Å². The molecular formula is C16H19N3O3S. The lowest BCUT2D eigenvalue weighted by atomic mass is 10.2. The van der Waals surface area contributed by atoms with Gasteiger partial charge in [-0.25, -0.2) is 4.99 Å². The van der Waals surface area contributed by atoms with E-state index in [1.54, 1.807) is 30.3 Å². The smallest absolute Gasteiger partial charge is 0.260 e. The number of rotatable bonds is 6. The van der Waals surface area contributed by atoms with Crippen LogP contribution < -0.4 is 15.4 Å². The third kappa shape index (κ3) is 5.91. The maximum atomic E-state index is 12.3. The number of ether oxygens (including phenoxy) is 1. The number of hydrogen-bond acceptors (Lipinski definition) is 4. The summed E-state index contributed by atoms with van der Waals surface area (Å²) in [5.41, 5.74) is 0.484. The molecule has 0 aliphatic rings. The zero-order valence-corrected chi connectivity index (χ0v) is 13.8. The summed E-state index contributed by atoms with van der Waals surface area (Å²) in [7, 11) is 1.50. The first-order valence-corrected chi connectivity index (χ1v) is 7.17. The SMILES string of the molecule is C=CCNC(=S)/N=C/C(C(=O)Nc1ccccc1OC)=C(\C)O. The molecule has 7 heteroatoms. The number of para-hydroxylation sites is 2. The lowest BCUT2D eigenvalue weighted by Crippen LogP contribution is -2.21. The quantitative estimate of drug-likeness (QED) is 0.245. The van der Waals surface area contributed by atoms with Crippen molar-refractivity contribution >= 4 is 35.1 Å². The number of carbonyl (C=O) groups is 1. The van der Waals surface area contributed by atoms with E-state index in [1.165, 1.54) is 20.2 Å². The Morgan fingerprint density at radius 1 is 1.48 bits per heavy atom. The fourth-order valence-corrected chi connectivity index (χ4v) is 1.72. The molecule has 0 fully saturated rings. The van der Waals surface area contributed by atoms with Gasteiger partial charge in [0.1, 0.15) is 11.5 Å². The normalized spacial score (nSPS) is 11.6. The highest BCUT2D eigenvalue weighted by Gasteiger charge is 2.13. The van der Waals surface area contributed by atoms with Gasteiger partial charge in [-0.3, -0.25) is 4.79 Å². The molecule has 0 aliphatic heterocycles. The number of anilines is 1. The summed E-state index contributed by atoms with van der Waals surface area (Å²) >= 11 is 4.97. The van der Waals surface area contributed by atoms with Gasteiger partial charge in [0.05, 0.1) is 18.4 Å². The molecule has 23 heavy (non-hydrogen) atoms. The number of benzene rings is 1. The van der Waals surface area contributed by atoms with E-state index in [9.17, 15) is 9.90 Å². The van der Waals surface area contributed by atoms with E-state index in [1.807, 2.05) is 0 Å². The molecular weight excluding hydrogens is 314 g/mol. The van der Waals surface area contributed by atoms with E-state index < -0.39 is 5.91 Å². The van der Waals surface area contributed by atoms with Gasteiger partial charge in [0.15, 0.2) is 5.11 Å². The molecule has 0 saturated carbocycles. The number of amides is 1. The van der Waals surface area contributed by atoms with Gasteiger partial charge in [0.2, 0.25) is 0 Å². The molecule has 1 rings (SSSR count). The van der Waals surface area contributed by atoms with Gasteiger partial charge < -0.3 is 20.5 Å². The Labute approximate surface area is 140 Å². The second kappa shape index (κ2) is 9.37. The Kier molecular flexibility index (Phi) is 7.49. The number of nitrogens with zero attached hydrogens (tertiary/aromatic N) is 1. The van der Waals surface area contributed by atoms with Crippen molar-refractivity contribution in [2.45, 2.75) is 6.92 Å². The highest BCUT2D eigenvalue weighted by Crippen LogP contribution is 2.23. The van der Waals surface area contributed by atoms with Crippen LogP contribution in [-0.4, -0.2) is 36.0 Å². The number of aliphatic hydroxyl groups is 1. The first-order valence-electron chi connectivity index (χ1n) is 6.76. The number of carbonyl (C=O) groups excluding carboxylic acids is 1. The summed E-state index contributed by atoms with van der Waals surface area (Å²) in [6, 6.07) is 6.95. The maximum Gasteiger partial charge on any atom is 0.260 e. The molecule has 1 aromatic rings. The number of thiocarbonyl (C=S) groups is 1. The molecule has 122 valence electrons. The number of nitrogens with one attached hydrogen (secondary N) is 2. The van der Waals surface area contributed by atoms with Gasteiger partial charge in [-0.2, -0.15) is 0 Å². The Morgan fingerprint density at radius 3 is 2.78 bits per heavy atom. The average Bonchev–Trinajstić information content (AvgIpc) is 2.53.